The molecule has 0 bridgehead atoms. The summed E-state index contributed by atoms with van der Waals surface area (Å²) in [6.07, 6.45) is 1.68. The quantitative estimate of drug-likeness (QED) is 0.887. The summed E-state index contributed by atoms with van der Waals surface area (Å²) in [5.41, 5.74) is 6.78. The molecule has 0 aliphatic carbocycles. The summed E-state index contributed by atoms with van der Waals surface area (Å²) >= 11 is 5.90. The normalized spacial score (nSPS) is 12.7. The molecule has 0 saturated heterocycles. The monoisotopic (exact) mass is 236 g/mol. The van der Waals surface area contributed by atoms with Crippen LogP contribution in [0.15, 0.2) is 30.6 Å². The molecular weight excluding hydrogens is 224 g/mol. The van der Waals surface area contributed by atoms with E-state index < -0.39 is 0 Å². The van der Waals surface area contributed by atoms with Gasteiger partial charge in [-0.3, -0.25) is 0 Å². The molecule has 16 heavy (non-hydrogen) atoms. The summed E-state index contributed by atoms with van der Waals surface area (Å²) in [5.74, 6) is 0.655. The minimum Gasteiger partial charge on any atom is -0.321 e. The van der Waals surface area contributed by atoms with Crippen molar-refractivity contribution >= 4 is 11.6 Å². The predicted octanol–water partition coefficient (Wildman–Crippen LogP) is 2.00. The molecule has 2 rings (SSSR count). The van der Waals surface area contributed by atoms with Gasteiger partial charge < -0.3 is 5.73 Å². The maximum Gasteiger partial charge on any atom is 0.166 e. The van der Waals surface area contributed by atoms with Gasteiger partial charge in [-0.05, 0) is 24.6 Å². The van der Waals surface area contributed by atoms with Crippen molar-refractivity contribution in [2.45, 2.75) is 19.5 Å². The second-order valence-electron chi connectivity index (χ2n) is 3.72. The molecule has 4 nitrogen and oxygen atoms in total. The number of benzene rings is 1. The van der Waals surface area contributed by atoms with E-state index in [1.807, 2.05) is 31.2 Å². The first-order valence-corrected chi connectivity index (χ1v) is 5.42. The highest BCUT2D eigenvalue weighted by atomic mass is 35.5. The molecule has 1 atom stereocenters. The topological polar surface area (TPSA) is 56.7 Å². The maximum absolute atomic E-state index is 5.90. The van der Waals surface area contributed by atoms with Gasteiger partial charge in [0.25, 0.3) is 0 Å². The molecular formula is C11H13ClN4. The van der Waals surface area contributed by atoms with Crippen LogP contribution < -0.4 is 5.73 Å². The van der Waals surface area contributed by atoms with E-state index in [0.717, 1.165) is 10.6 Å². The van der Waals surface area contributed by atoms with Crippen molar-refractivity contribution in [2.75, 3.05) is 0 Å². The Bertz CT molecular complexity index is 478. The van der Waals surface area contributed by atoms with Crippen molar-refractivity contribution in [3.8, 4) is 0 Å². The van der Waals surface area contributed by atoms with Gasteiger partial charge in [-0.25, -0.2) is 9.67 Å². The minimum atomic E-state index is -0.138. The molecule has 0 radical (unpaired) electrons. The van der Waals surface area contributed by atoms with Crippen LogP contribution in [0.25, 0.3) is 0 Å². The van der Waals surface area contributed by atoms with Crippen molar-refractivity contribution in [2.24, 2.45) is 5.73 Å². The fourth-order valence-corrected chi connectivity index (χ4v) is 1.63. The van der Waals surface area contributed by atoms with E-state index in [0.29, 0.717) is 12.4 Å². The molecule has 1 unspecified atom stereocenters. The average Bonchev–Trinajstić information content (AvgIpc) is 2.66. The van der Waals surface area contributed by atoms with Gasteiger partial charge in [0.2, 0.25) is 0 Å². The van der Waals surface area contributed by atoms with Gasteiger partial charge in [0.1, 0.15) is 6.33 Å². The standard InChI is InChI=1S/C11H13ClN4/c1-8(13)11-14-7-16(15-11)6-9-3-2-4-10(12)5-9/h2-5,7-8H,6,13H2,1H3. The number of rotatable bonds is 3. The van der Waals surface area contributed by atoms with Gasteiger partial charge >= 0.3 is 0 Å². The molecule has 0 amide bonds. The molecule has 5 heteroatoms. The second kappa shape index (κ2) is 4.63. The van der Waals surface area contributed by atoms with Gasteiger partial charge in [-0.2, -0.15) is 5.10 Å². The first kappa shape index (κ1) is 11.1. The lowest BCUT2D eigenvalue weighted by molar-refractivity contribution is 0.649. The summed E-state index contributed by atoms with van der Waals surface area (Å²) in [7, 11) is 0. The van der Waals surface area contributed by atoms with E-state index in [9.17, 15) is 0 Å². The Kier molecular flexibility index (Phi) is 3.22. The molecule has 0 saturated carbocycles. The van der Waals surface area contributed by atoms with Gasteiger partial charge in [-0.15, -0.1) is 0 Å². The molecule has 1 aromatic carbocycles. The van der Waals surface area contributed by atoms with Crippen molar-refractivity contribution in [1.29, 1.82) is 0 Å². The zero-order valence-corrected chi connectivity index (χ0v) is 9.72. The summed E-state index contributed by atoms with van der Waals surface area (Å²) in [6.45, 7) is 2.51. The van der Waals surface area contributed by atoms with Crippen LogP contribution in [0.1, 0.15) is 24.4 Å². The number of halogens is 1. The molecule has 2 N–H and O–H groups in total. The van der Waals surface area contributed by atoms with Gasteiger partial charge in [0, 0.05) is 5.02 Å². The molecule has 0 aliphatic heterocycles. The number of hydrogen-bond acceptors (Lipinski definition) is 3. The highest BCUT2D eigenvalue weighted by Gasteiger charge is 2.05. The largest absolute Gasteiger partial charge is 0.321 e. The zero-order chi connectivity index (χ0) is 11.5. The second-order valence-corrected chi connectivity index (χ2v) is 4.16. The van der Waals surface area contributed by atoms with E-state index in [4.69, 9.17) is 17.3 Å². The number of hydrogen-bond donors (Lipinski definition) is 1. The third kappa shape index (κ3) is 2.59. The Labute approximate surface area is 99.1 Å². The lowest BCUT2D eigenvalue weighted by atomic mass is 10.2. The molecule has 0 spiro atoms. The van der Waals surface area contributed by atoms with E-state index in [1.165, 1.54) is 0 Å². The third-order valence-corrected chi connectivity index (χ3v) is 2.43. The number of nitrogens with two attached hydrogens (primary N) is 1. The number of nitrogens with zero attached hydrogens (tertiary/aromatic N) is 3. The summed E-state index contributed by atoms with van der Waals surface area (Å²) in [4.78, 5) is 4.13. The summed E-state index contributed by atoms with van der Waals surface area (Å²) in [6, 6.07) is 7.54. The molecule has 0 aliphatic rings. The Morgan fingerprint density at radius 1 is 1.50 bits per heavy atom. The van der Waals surface area contributed by atoms with Crippen LogP contribution in [0, 0.1) is 0 Å². The van der Waals surface area contributed by atoms with E-state index in [-0.39, 0.29) is 6.04 Å². The lowest BCUT2D eigenvalue weighted by Crippen LogP contribution is -2.08. The predicted molar refractivity (Wildman–Crippen MR) is 63.2 cm³/mol. The highest BCUT2D eigenvalue weighted by Crippen LogP contribution is 2.11. The van der Waals surface area contributed by atoms with Gasteiger partial charge in [-0.1, -0.05) is 23.7 Å². The molecule has 1 aromatic heterocycles. The Morgan fingerprint density at radius 3 is 2.94 bits per heavy atom. The van der Waals surface area contributed by atoms with Gasteiger partial charge in [0.05, 0.1) is 12.6 Å². The first-order chi connectivity index (χ1) is 7.65. The van der Waals surface area contributed by atoms with Crippen molar-refractivity contribution < 1.29 is 0 Å². The Balaban J connectivity index is 2.14. The molecule has 1 heterocycles. The Morgan fingerprint density at radius 2 is 2.31 bits per heavy atom. The van der Waals surface area contributed by atoms with Crippen LogP contribution in [0.2, 0.25) is 5.02 Å². The zero-order valence-electron chi connectivity index (χ0n) is 8.97. The lowest BCUT2D eigenvalue weighted by Gasteiger charge is -2.01. The van der Waals surface area contributed by atoms with Crippen LogP contribution in [-0.4, -0.2) is 14.8 Å². The fourth-order valence-electron chi connectivity index (χ4n) is 1.42. The first-order valence-electron chi connectivity index (χ1n) is 5.04. The smallest absolute Gasteiger partial charge is 0.166 e. The number of aromatic nitrogens is 3. The van der Waals surface area contributed by atoms with Crippen LogP contribution in [0.3, 0.4) is 0 Å². The SMILES string of the molecule is CC(N)c1ncn(Cc2cccc(Cl)c2)n1. The Hall–Kier alpha value is -1.39. The summed E-state index contributed by atoms with van der Waals surface area (Å²) in [5, 5.41) is 5.00. The molecule has 2 aromatic rings. The fraction of sp³-hybridized carbons (Fsp3) is 0.273. The van der Waals surface area contributed by atoms with Crippen LogP contribution in [0.5, 0.6) is 0 Å². The maximum atomic E-state index is 5.90. The van der Waals surface area contributed by atoms with Crippen LogP contribution in [0.4, 0.5) is 0 Å². The van der Waals surface area contributed by atoms with Crippen molar-refractivity contribution in [3.05, 3.63) is 47.0 Å². The summed E-state index contributed by atoms with van der Waals surface area (Å²) < 4.78 is 1.75. The van der Waals surface area contributed by atoms with Crippen molar-refractivity contribution in [3.63, 3.8) is 0 Å². The van der Waals surface area contributed by atoms with Gasteiger partial charge in [0.15, 0.2) is 5.82 Å². The van der Waals surface area contributed by atoms with E-state index in [1.54, 1.807) is 11.0 Å². The third-order valence-electron chi connectivity index (χ3n) is 2.20. The minimum absolute atomic E-state index is 0.138. The molecule has 0 fully saturated rings. The van der Waals surface area contributed by atoms with Crippen LogP contribution >= 0.6 is 11.6 Å². The van der Waals surface area contributed by atoms with E-state index >= 15 is 0 Å². The van der Waals surface area contributed by atoms with E-state index in [2.05, 4.69) is 10.1 Å². The van der Waals surface area contributed by atoms with Crippen molar-refractivity contribution in [1.82, 2.24) is 14.8 Å². The molecule has 84 valence electrons. The van der Waals surface area contributed by atoms with Crippen LogP contribution in [-0.2, 0) is 6.54 Å². The highest BCUT2D eigenvalue weighted by molar-refractivity contribution is 6.30. The average molecular weight is 237 g/mol.